The third-order valence-electron chi connectivity index (χ3n) is 4.78. The number of nitrogens with one attached hydrogen (secondary N) is 1. The summed E-state index contributed by atoms with van der Waals surface area (Å²) in [4.78, 5) is 14.5. The van der Waals surface area contributed by atoms with Crippen molar-refractivity contribution in [1.29, 1.82) is 0 Å². The van der Waals surface area contributed by atoms with E-state index in [0.717, 1.165) is 31.5 Å². The molecule has 1 unspecified atom stereocenters. The highest BCUT2D eigenvalue weighted by atomic mass is 35.5. The zero-order valence-electron chi connectivity index (χ0n) is 14.0. The minimum Gasteiger partial charge on any atom is -0.350 e. The fourth-order valence-corrected chi connectivity index (χ4v) is 3.73. The van der Waals surface area contributed by atoms with Crippen LogP contribution in [0.3, 0.4) is 0 Å². The molecule has 2 aliphatic heterocycles. The van der Waals surface area contributed by atoms with E-state index in [0.29, 0.717) is 30.7 Å². The van der Waals surface area contributed by atoms with E-state index in [1.54, 1.807) is 0 Å². The number of piperidine rings is 1. The Bertz CT molecular complexity index is 555. The molecule has 0 aliphatic carbocycles. The van der Waals surface area contributed by atoms with E-state index >= 15 is 0 Å². The maximum absolute atomic E-state index is 12.3. The summed E-state index contributed by atoms with van der Waals surface area (Å²) in [7, 11) is 0. The van der Waals surface area contributed by atoms with Gasteiger partial charge in [-0.15, -0.1) is 0 Å². The van der Waals surface area contributed by atoms with Gasteiger partial charge in [0.25, 0.3) is 0 Å². The molecule has 1 N–H and O–H groups in total. The molecule has 6 heteroatoms. The molecule has 0 aromatic heterocycles. The molecule has 0 spiro atoms. The Labute approximate surface area is 148 Å². The van der Waals surface area contributed by atoms with Gasteiger partial charge in [-0.1, -0.05) is 29.8 Å². The Kier molecular flexibility index (Phi) is 6.11. The van der Waals surface area contributed by atoms with Crippen LogP contribution >= 0.6 is 11.6 Å². The van der Waals surface area contributed by atoms with Crippen LogP contribution in [0.4, 0.5) is 0 Å². The monoisotopic (exact) mass is 352 g/mol. The van der Waals surface area contributed by atoms with E-state index in [1.165, 1.54) is 0 Å². The zero-order chi connectivity index (χ0) is 16.9. The summed E-state index contributed by atoms with van der Waals surface area (Å²) >= 11 is 6.19. The highest BCUT2D eigenvalue weighted by Crippen LogP contribution is 2.26. The van der Waals surface area contributed by atoms with Crippen LogP contribution in [-0.2, 0) is 14.3 Å². The van der Waals surface area contributed by atoms with E-state index in [2.05, 4.69) is 10.2 Å². The van der Waals surface area contributed by atoms with E-state index in [-0.39, 0.29) is 18.2 Å². The predicted molar refractivity (Wildman–Crippen MR) is 92.9 cm³/mol. The molecule has 132 valence electrons. The molecular weight excluding hydrogens is 328 g/mol. The van der Waals surface area contributed by atoms with E-state index in [4.69, 9.17) is 21.1 Å². The smallest absolute Gasteiger partial charge is 0.234 e. The normalized spacial score (nSPS) is 21.8. The molecule has 1 aromatic carbocycles. The average Bonchev–Trinajstić information content (AvgIpc) is 3.10. The van der Waals surface area contributed by atoms with Gasteiger partial charge >= 0.3 is 0 Å². The maximum Gasteiger partial charge on any atom is 0.234 e. The van der Waals surface area contributed by atoms with E-state index in [1.807, 2.05) is 31.2 Å². The first-order chi connectivity index (χ1) is 11.6. The highest BCUT2D eigenvalue weighted by Gasteiger charge is 2.30. The molecule has 0 radical (unpaired) electrons. The quantitative estimate of drug-likeness (QED) is 0.885. The molecule has 2 aliphatic rings. The van der Waals surface area contributed by atoms with Crippen molar-refractivity contribution in [3.05, 3.63) is 34.9 Å². The molecule has 1 aromatic rings. The Morgan fingerprint density at radius 1 is 1.29 bits per heavy atom. The van der Waals surface area contributed by atoms with Crippen molar-refractivity contribution >= 4 is 17.5 Å². The van der Waals surface area contributed by atoms with Crippen LogP contribution < -0.4 is 5.32 Å². The van der Waals surface area contributed by atoms with Gasteiger partial charge in [0.05, 0.1) is 25.8 Å². The van der Waals surface area contributed by atoms with E-state index < -0.39 is 0 Å². The van der Waals surface area contributed by atoms with Crippen LogP contribution in [-0.4, -0.2) is 49.9 Å². The molecular formula is C18H25ClN2O3. The summed E-state index contributed by atoms with van der Waals surface area (Å²) in [5.74, 6) is 0.489. The first-order valence-corrected chi connectivity index (χ1v) is 9.00. The second-order valence-corrected chi connectivity index (χ2v) is 6.94. The third-order valence-corrected chi connectivity index (χ3v) is 5.13. The Morgan fingerprint density at radius 2 is 1.96 bits per heavy atom. The SMILES string of the molecule is CC(NC(=O)CN1CCC(C2OCCO2)CC1)c1ccccc1Cl. The first-order valence-electron chi connectivity index (χ1n) is 8.63. The molecule has 2 heterocycles. The summed E-state index contributed by atoms with van der Waals surface area (Å²) in [6.45, 7) is 5.60. The van der Waals surface area contributed by atoms with E-state index in [9.17, 15) is 4.79 Å². The maximum atomic E-state index is 12.3. The number of hydrogen-bond acceptors (Lipinski definition) is 4. The summed E-state index contributed by atoms with van der Waals surface area (Å²) in [5.41, 5.74) is 0.946. The van der Waals surface area contributed by atoms with Crippen molar-refractivity contribution in [2.24, 2.45) is 5.92 Å². The van der Waals surface area contributed by atoms with Crippen LogP contribution in [0.2, 0.25) is 5.02 Å². The number of carbonyl (C=O) groups is 1. The third kappa shape index (κ3) is 4.48. The molecule has 1 atom stereocenters. The molecule has 0 bridgehead atoms. The fraction of sp³-hybridized carbons (Fsp3) is 0.611. The number of nitrogens with zero attached hydrogens (tertiary/aromatic N) is 1. The number of amides is 1. The predicted octanol–water partition coefficient (Wildman–Crippen LogP) is 2.60. The number of benzene rings is 1. The number of carbonyl (C=O) groups excluding carboxylic acids is 1. The fourth-order valence-electron chi connectivity index (χ4n) is 3.43. The standard InChI is InChI=1S/C18H25ClN2O3/c1-13(15-4-2-3-5-16(15)19)20-17(22)12-21-8-6-14(7-9-21)18-23-10-11-24-18/h2-5,13-14,18H,6-12H2,1H3,(H,20,22). The van der Waals surface area contributed by atoms with Crippen molar-refractivity contribution in [1.82, 2.24) is 10.2 Å². The molecule has 24 heavy (non-hydrogen) atoms. The molecule has 2 fully saturated rings. The van der Waals surface area contributed by atoms with Crippen molar-refractivity contribution in [3.8, 4) is 0 Å². The summed E-state index contributed by atoms with van der Waals surface area (Å²) in [5, 5.41) is 3.72. The second kappa shape index (κ2) is 8.30. The lowest BCUT2D eigenvalue weighted by Gasteiger charge is -2.33. The Morgan fingerprint density at radius 3 is 2.62 bits per heavy atom. The molecule has 1 amide bonds. The lowest BCUT2D eigenvalue weighted by Crippen LogP contribution is -2.43. The van der Waals surface area contributed by atoms with Gasteiger partial charge in [0.15, 0.2) is 6.29 Å². The minimum atomic E-state index is -0.0935. The second-order valence-electron chi connectivity index (χ2n) is 6.53. The van der Waals surface area contributed by atoms with Crippen molar-refractivity contribution in [3.63, 3.8) is 0 Å². The van der Waals surface area contributed by atoms with Gasteiger partial charge in [-0.3, -0.25) is 9.69 Å². The van der Waals surface area contributed by atoms with Crippen molar-refractivity contribution in [2.75, 3.05) is 32.8 Å². The summed E-state index contributed by atoms with van der Waals surface area (Å²) in [6, 6.07) is 7.52. The zero-order valence-corrected chi connectivity index (χ0v) is 14.8. The van der Waals surface area contributed by atoms with Gasteiger partial charge in [-0.05, 0) is 44.5 Å². The largest absolute Gasteiger partial charge is 0.350 e. The van der Waals surface area contributed by atoms with Gasteiger partial charge in [-0.25, -0.2) is 0 Å². The van der Waals surface area contributed by atoms with Gasteiger partial charge < -0.3 is 14.8 Å². The van der Waals surface area contributed by atoms with Crippen molar-refractivity contribution < 1.29 is 14.3 Å². The van der Waals surface area contributed by atoms with Gasteiger partial charge in [0.1, 0.15) is 0 Å². The van der Waals surface area contributed by atoms with Crippen molar-refractivity contribution in [2.45, 2.75) is 32.1 Å². The summed E-state index contributed by atoms with van der Waals surface area (Å²) < 4.78 is 11.2. The van der Waals surface area contributed by atoms with Gasteiger partial charge in [0.2, 0.25) is 5.91 Å². The van der Waals surface area contributed by atoms with Crippen LogP contribution in [0.25, 0.3) is 0 Å². The van der Waals surface area contributed by atoms with Crippen LogP contribution in [0.15, 0.2) is 24.3 Å². The number of ether oxygens (including phenoxy) is 2. The minimum absolute atomic E-state index is 0.0363. The number of likely N-dealkylation sites (tertiary alicyclic amines) is 1. The van der Waals surface area contributed by atoms with Crippen LogP contribution in [0.1, 0.15) is 31.4 Å². The molecule has 2 saturated heterocycles. The first kappa shape index (κ1) is 17.7. The Hall–Kier alpha value is -1.14. The molecule has 5 nitrogen and oxygen atoms in total. The van der Waals surface area contributed by atoms with Crippen LogP contribution in [0.5, 0.6) is 0 Å². The van der Waals surface area contributed by atoms with Gasteiger partial charge in [0, 0.05) is 10.9 Å². The topological polar surface area (TPSA) is 50.8 Å². The number of rotatable bonds is 5. The summed E-state index contributed by atoms with van der Waals surface area (Å²) in [6.07, 6.45) is 1.98. The lowest BCUT2D eigenvalue weighted by atomic mass is 9.96. The number of hydrogen-bond donors (Lipinski definition) is 1. The number of halogens is 1. The van der Waals surface area contributed by atoms with Crippen LogP contribution in [0, 0.1) is 5.92 Å². The average molecular weight is 353 g/mol. The Balaban J connectivity index is 1.43. The van der Waals surface area contributed by atoms with Gasteiger partial charge in [-0.2, -0.15) is 0 Å². The molecule has 0 saturated carbocycles. The lowest BCUT2D eigenvalue weighted by molar-refractivity contribution is -0.124. The highest BCUT2D eigenvalue weighted by molar-refractivity contribution is 6.31. The molecule has 3 rings (SSSR count).